The van der Waals surface area contributed by atoms with E-state index in [9.17, 15) is 4.79 Å². The van der Waals surface area contributed by atoms with E-state index in [1.165, 1.54) is 20.0 Å². The van der Waals surface area contributed by atoms with Crippen molar-refractivity contribution < 1.29 is 9.53 Å². The van der Waals surface area contributed by atoms with Gasteiger partial charge < -0.3 is 4.74 Å². The molecule has 0 heterocycles. The Hall–Kier alpha value is -0.790. The van der Waals surface area contributed by atoms with Crippen LogP contribution < -0.4 is 0 Å². The van der Waals surface area contributed by atoms with Crippen LogP contribution in [0.4, 0.5) is 0 Å². The lowest BCUT2D eigenvalue weighted by Crippen LogP contribution is -2.36. The van der Waals surface area contributed by atoms with E-state index in [0.717, 1.165) is 32.1 Å². The molecule has 0 aliphatic heterocycles. The third-order valence-electron chi connectivity index (χ3n) is 3.96. The molecule has 1 atom stereocenters. The van der Waals surface area contributed by atoms with Crippen molar-refractivity contribution in [3.63, 3.8) is 0 Å². The van der Waals surface area contributed by atoms with Crippen molar-refractivity contribution in [1.29, 1.82) is 0 Å². The van der Waals surface area contributed by atoms with Gasteiger partial charge in [-0.1, -0.05) is 38.7 Å². The number of hydrogen-bond acceptors (Lipinski definition) is 2. The van der Waals surface area contributed by atoms with Gasteiger partial charge in [0, 0.05) is 0 Å². The van der Waals surface area contributed by atoms with Gasteiger partial charge in [0.25, 0.3) is 0 Å². The van der Waals surface area contributed by atoms with Gasteiger partial charge in [-0.2, -0.15) is 0 Å². The zero-order valence-corrected chi connectivity index (χ0v) is 10.6. The first-order chi connectivity index (χ1) is 7.71. The second-order valence-electron chi connectivity index (χ2n) is 4.82. The van der Waals surface area contributed by atoms with E-state index in [1.54, 1.807) is 0 Å². The van der Waals surface area contributed by atoms with Crippen LogP contribution >= 0.6 is 0 Å². The van der Waals surface area contributed by atoms with E-state index >= 15 is 0 Å². The number of ether oxygens (including phenoxy) is 1. The van der Waals surface area contributed by atoms with Crippen LogP contribution in [0.15, 0.2) is 12.7 Å². The minimum absolute atomic E-state index is 0.0807. The van der Waals surface area contributed by atoms with Crippen molar-refractivity contribution in [2.45, 2.75) is 51.9 Å². The zero-order valence-electron chi connectivity index (χ0n) is 10.6. The highest BCUT2D eigenvalue weighted by Crippen LogP contribution is 2.45. The summed E-state index contributed by atoms with van der Waals surface area (Å²) in [6.45, 7) is 6.05. The molecule has 0 bridgehead atoms. The molecule has 0 unspecified atom stereocenters. The number of carbonyl (C=O) groups excluding carboxylic acids is 1. The fourth-order valence-electron chi connectivity index (χ4n) is 2.93. The topological polar surface area (TPSA) is 26.3 Å². The van der Waals surface area contributed by atoms with Gasteiger partial charge in [0.05, 0.1) is 12.5 Å². The standard InChI is InChI=1S/C14H24O2/c1-4-6-11-14(5-2,13(15)16-3)12-9-7-8-10-12/h5,12H,2,4,6-11H2,1,3H3/t14-/m0/s1. The number of rotatable bonds is 6. The Labute approximate surface area is 99.1 Å². The van der Waals surface area contributed by atoms with E-state index in [1.807, 2.05) is 6.08 Å². The van der Waals surface area contributed by atoms with Crippen LogP contribution in [0.25, 0.3) is 0 Å². The molecule has 1 aliphatic rings. The molecule has 0 N–H and O–H groups in total. The fourth-order valence-corrected chi connectivity index (χ4v) is 2.93. The van der Waals surface area contributed by atoms with Gasteiger partial charge in [-0.25, -0.2) is 0 Å². The predicted octanol–water partition coefficient (Wildman–Crippen LogP) is 3.71. The van der Waals surface area contributed by atoms with Gasteiger partial charge in [0.15, 0.2) is 0 Å². The predicted molar refractivity (Wildman–Crippen MR) is 66.1 cm³/mol. The third-order valence-corrected chi connectivity index (χ3v) is 3.96. The Morgan fingerprint density at radius 1 is 1.50 bits per heavy atom. The quantitative estimate of drug-likeness (QED) is 0.508. The van der Waals surface area contributed by atoms with Gasteiger partial charge in [0.2, 0.25) is 0 Å². The van der Waals surface area contributed by atoms with Gasteiger partial charge >= 0.3 is 5.97 Å². The summed E-state index contributed by atoms with van der Waals surface area (Å²) in [4.78, 5) is 12.1. The molecule has 0 aromatic carbocycles. The highest BCUT2D eigenvalue weighted by Gasteiger charge is 2.44. The Morgan fingerprint density at radius 2 is 2.12 bits per heavy atom. The van der Waals surface area contributed by atoms with Crippen molar-refractivity contribution in [2.24, 2.45) is 11.3 Å². The van der Waals surface area contributed by atoms with Crippen LogP contribution in [0, 0.1) is 11.3 Å². The lowest BCUT2D eigenvalue weighted by molar-refractivity contribution is -0.153. The first-order valence-electron chi connectivity index (χ1n) is 6.43. The molecular formula is C14H24O2. The fraction of sp³-hybridized carbons (Fsp3) is 0.786. The summed E-state index contributed by atoms with van der Waals surface area (Å²) in [6.07, 6.45) is 9.69. The van der Waals surface area contributed by atoms with Crippen LogP contribution in [-0.4, -0.2) is 13.1 Å². The van der Waals surface area contributed by atoms with Crippen molar-refractivity contribution in [2.75, 3.05) is 7.11 Å². The molecule has 0 aromatic rings. The smallest absolute Gasteiger partial charge is 0.315 e. The van der Waals surface area contributed by atoms with E-state index in [0.29, 0.717) is 5.92 Å². The number of carbonyl (C=O) groups is 1. The molecule has 1 aliphatic carbocycles. The zero-order chi connectivity index (χ0) is 12.0. The second-order valence-corrected chi connectivity index (χ2v) is 4.82. The van der Waals surface area contributed by atoms with Crippen LogP contribution in [0.5, 0.6) is 0 Å². The molecule has 92 valence electrons. The van der Waals surface area contributed by atoms with Gasteiger partial charge in [-0.15, -0.1) is 6.58 Å². The summed E-state index contributed by atoms with van der Waals surface area (Å²) in [5.41, 5.74) is -0.415. The SMILES string of the molecule is C=C[C@@](CCCC)(C(=O)OC)C1CCCC1. The highest BCUT2D eigenvalue weighted by molar-refractivity contribution is 5.79. The Bertz CT molecular complexity index is 241. The molecule has 1 rings (SSSR count). The molecule has 0 amide bonds. The van der Waals surface area contributed by atoms with Crippen molar-refractivity contribution in [1.82, 2.24) is 0 Å². The van der Waals surface area contributed by atoms with Crippen LogP contribution in [0.2, 0.25) is 0 Å². The maximum Gasteiger partial charge on any atom is 0.315 e. The van der Waals surface area contributed by atoms with Gasteiger partial charge in [-0.05, 0) is 25.2 Å². The highest BCUT2D eigenvalue weighted by atomic mass is 16.5. The summed E-state index contributed by atoms with van der Waals surface area (Å²) in [7, 11) is 1.49. The monoisotopic (exact) mass is 224 g/mol. The summed E-state index contributed by atoms with van der Waals surface area (Å²) < 4.78 is 5.01. The molecule has 0 aromatic heterocycles. The number of esters is 1. The molecule has 0 saturated heterocycles. The molecule has 0 radical (unpaired) electrons. The van der Waals surface area contributed by atoms with Crippen LogP contribution in [-0.2, 0) is 9.53 Å². The minimum atomic E-state index is -0.415. The Balaban J connectivity index is 2.86. The lowest BCUT2D eigenvalue weighted by atomic mass is 9.71. The molecular weight excluding hydrogens is 200 g/mol. The number of hydrogen-bond donors (Lipinski definition) is 0. The first kappa shape index (κ1) is 13.3. The van der Waals surface area contributed by atoms with Crippen LogP contribution in [0.3, 0.4) is 0 Å². The van der Waals surface area contributed by atoms with Gasteiger partial charge in [0.1, 0.15) is 0 Å². The lowest BCUT2D eigenvalue weighted by Gasteiger charge is -2.33. The van der Waals surface area contributed by atoms with E-state index in [2.05, 4.69) is 13.5 Å². The maximum absolute atomic E-state index is 12.1. The third kappa shape index (κ3) is 2.47. The van der Waals surface area contributed by atoms with Gasteiger partial charge in [-0.3, -0.25) is 4.79 Å². The van der Waals surface area contributed by atoms with E-state index < -0.39 is 5.41 Å². The first-order valence-corrected chi connectivity index (χ1v) is 6.43. The summed E-state index contributed by atoms with van der Waals surface area (Å²) in [5.74, 6) is 0.367. The normalized spacial score (nSPS) is 20.4. The second kappa shape index (κ2) is 6.07. The molecule has 1 saturated carbocycles. The maximum atomic E-state index is 12.1. The summed E-state index contributed by atoms with van der Waals surface area (Å²) in [5, 5.41) is 0. The summed E-state index contributed by atoms with van der Waals surface area (Å²) >= 11 is 0. The Kier molecular flexibility index (Phi) is 5.04. The molecule has 16 heavy (non-hydrogen) atoms. The average Bonchev–Trinajstić information content (AvgIpc) is 2.84. The van der Waals surface area contributed by atoms with Crippen LogP contribution in [0.1, 0.15) is 51.9 Å². The Morgan fingerprint density at radius 3 is 2.56 bits per heavy atom. The number of unbranched alkanes of at least 4 members (excludes halogenated alkanes) is 1. The molecule has 2 nitrogen and oxygen atoms in total. The molecule has 1 fully saturated rings. The summed E-state index contributed by atoms with van der Waals surface area (Å²) in [6, 6.07) is 0. The molecule has 2 heteroatoms. The molecule has 0 spiro atoms. The van der Waals surface area contributed by atoms with Crippen molar-refractivity contribution >= 4 is 5.97 Å². The van der Waals surface area contributed by atoms with Crippen molar-refractivity contribution in [3.8, 4) is 0 Å². The van der Waals surface area contributed by atoms with E-state index in [4.69, 9.17) is 4.74 Å². The average molecular weight is 224 g/mol. The van der Waals surface area contributed by atoms with E-state index in [-0.39, 0.29) is 5.97 Å². The van der Waals surface area contributed by atoms with Crippen molar-refractivity contribution in [3.05, 3.63) is 12.7 Å². The minimum Gasteiger partial charge on any atom is -0.468 e. The number of methoxy groups -OCH3 is 1. The largest absolute Gasteiger partial charge is 0.468 e.